The third kappa shape index (κ3) is 7.01. The van der Waals surface area contributed by atoms with Crippen LogP contribution in [0.25, 0.3) is 0 Å². The van der Waals surface area contributed by atoms with Crippen LogP contribution in [0.1, 0.15) is 15.9 Å². The van der Waals surface area contributed by atoms with Crippen LogP contribution in [-0.2, 0) is 16.0 Å². The first-order chi connectivity index (χ1) is 19.0. The highest BCUT2D eigenvalue weighted by atomic mass is 32.2. The lowest BCUT2D eigenvalue weighted by molar-refractivity contribution is 0.0371. The Bertz CT molecular complexity index is 1270. The second-order valence-corrected chi connectivity index (χ2v) is 10.4. The average Bonchev–Trinajstić information content (AvgIpc) is 3.32. The van der Waals surface area contributed by atoms with Gasteiger partial charge in [-0.2, -0.15) is 0 Å². The smallest absolute Gasteiger partial charge is 0.398 e. The van der Waals surface area contributed by atoms with E-state index in [2.05, 4.69) is 26.2 Å². The number of para-hydroxylation sites is 3. The van der Waals surface area contributed by atoms with Crippen molar-refractivity contribution < 1.29 is 19.1 Å². The van der Waals surface area contributed by atoms with Crippen LogP contribution in [0.4, 0.5) is 21.9 Å². The zero-order valence-electron chi connectivity index (χ0n) is 21.4. The molecule has 5 rings (SSSR count). The molecule has 2 amide bonds. The number of hydrogen-bond donors (Lipinski definition) is 5. The summed E-state index contributed by atoms with van der Waals surface area (Å²) in [6.07, 6.45) is -0.518. The normalized spacial score (nSPS) is 18.6. The van der Waals surface area contributed by atoms with Crippen LogP contribution < -0.4 is 27.0 Å². The molecule has 0 aliphatic carbocycles. The Balaban J connectivity index is 1.19. The van der Waals surface area contributed by atoms with Crippen molar-refractivity contribution in [3.8, 4) is 0 Å². The van der Waals surface area contributed by atoms with E-state index in [1.165, 1.54) is 11.8 Å². The van der Waals surface area contributed by atoms with E-state index in [-0.39, 0.29) is 5.91 Å². The first kappa shape index (κ1) is 26.8. The van der Waals surface area contributed by atoms with Gasteiger partial charge in [-0.25, -0.2) is 10.1 Å². The third-order valence-corrected chi connectivity index (χ3v) is 7.62. The van der Waals surface area contributed by atoms with Gasteiger partial charge in [0.25, 0.3) is 11.1 Å². The Hall–Kier alpha value is -3.77. The average molecular weight is 549 g/mol. The molecular weight excluding hydrogens is 516 g/mol. The minimum Gasteiger partial charge on any atom is -0.398 e. The van der Waals surface area contributed by atoms with Gasteiger partial charge in [-0.3, -0.25) is 9.69 Å². The molecule has 1 unspecified atom stereocenters. The molecule has 3 aromatic rings. The maximum Gasteiger partial charge on any atom is 0.410 e. The summed E-state index contributed by atoms with van der Waals surface area (Å²) in [6, 6.07) is 22.1. The van der Waals surface area contributed by atoms with Crippen molar-refractivity contribution in [3.63, 3.8) is 0 Å². The molecule has 0 aromatic heterocycles. The van der Waals surface area contributed by atoms with Crippen molar-refractivity contribution in [2.45, 2.75) is 16.6 Å². The fourth-order valence-corrected chi connectivity index (χ4v) is 5.39. The molecule has 0 bridgehead atoms. The molecule has 2 aliphatic rings. The maximum absolute atomic E-state index is 12.8. The van der Waals surface area contributed by atoms with E-state index in [4.69, 9.17) is 15.2 Å². The van der Waals surface area contributed by atoms with Gasteiger partial charge in [0, 0.05) is 43.2 Å². The summed E-state index contributed by atoms with van der Waals surface area (Å²) in [5.41, 5.74) is 9.31. The molecule has 2 aliphatic heterocycles. The summed E-state index contributed by atoms with van der Waals surface area (Å²) >= 11 is 1.40. The zero-order chi connectivity index (χ0) is 27.1. The van der Waals surface area contributed by atoms with Crippen molar-refractivity contribution in [1.82, 2.24) is 15.5 Å². The molecule has 0 saturated carbocycles. The van der Waals surface area contributed by atoms with Crippen LogP contribution in [0.3, 0.4) is 0 Å². The molecule has 6 N–H and O–H groups in total. The number of nitrogen functional groups attached to an aromatic ring is 1. The van der Waals surface area contributed by atoms with Crippen LogP contribution in [0.5, 0.6) is 0 Å². The highest BCUT2D eigenvalue weighted by Gasteiger charge is 2.41. The minimum atomic E-state index is -1.19. The number of alkyl carbamates (subject to hydrolysis) is 1. The van der Waals surface area contributed by atoms with Crippen LogP contribution >= 0.6 is 11.8 Å². The third-order valence-electron chi connectivity index (χ3n) is 6.43. The van der Waals surface area contributed by atoms with E-state index in [0.29, 0.717) is 43.2 Å². The number of nitrogens with zero attached hydrogens (tertiary/aromatic N) is 1. The molecule has 0 radical (unpaired) electrons. The number of hydrogen-bond acceptors (Lipinski definition) is 9. The van der Waals surface area contributed by atoms with Gasteiger partial charge in [0.05, 0.1) is 30.3 Å². The fraction of sp³-hybridized carbons (Fsp3) is 0.286. The zero-order valence-corrected chi connectivity index (χ0v) is 22.3. The van der Waals surface area contributed by atoms with Crippen LogP contribution in [0.15, 0.2) is 77.7 Å². The van der Waals surface area contributed by atoms with Gasteiger partial charge in [0.1, 0.15) is 0 Å². The predicted molar refractivity (Wildman–Crippen MR) is 152 cm³/mol. The summed E-state index contributed by atoms with van der Waals surface area (Å²) in [4.78, 5) is 28.7. The summed E-state index contributed by atoms with van der Waals surface area (Å²) < 4.78 is 11.3. The molecule has 39 heavy (non-hydrogen) atoms. The van der Waals surface area contributed by atoms with Crippen LogP contribution in [-0.4, -0.2) is 61.5 Å². The van der Waals surface area contributed by atoms with E-state index in [1.54, 1.807) is 24.3 Å². The van der Waals surface area contributed by atoms with Crippen molar-refractivity contribution in [3.05, 3.63) is 83.9 Å². The number of morpholine rings is 1. The number of amides is 2. The number of anilines is 3. The highest BCUT2D eigenvalue weighted by Crippen LogP contribution is 2.44. The van der Waals surface area contributed by atoms with Crippen LogP contribution in [0, 0.1) is 0 Å². The van der Waals surface area contributed by atoms with Gasteiger partial charge < -0.3 is 31.2 Å². The number of rotatable bonds is 9. The first-order valence-corrected chi connectivity index (χ1v) is 13.6. The standard InChI is InChI=1S/C28H32N6O4S/c29-22-5-1-2-6-23(22)32-26(35)21-11-9-20(10-12-21)19-31-28(33-24-7-3-4-8-25(24)39-28)38-27(36)30-13-14-34-15-17-37-18-16-34/h1-12,31,33H,13-19,29H2,(H,30,36)(H,32,35). The van der Waals surface area contributed by atoms with Crippen LogP contribution in [0.2, 0.25) is 0 Å². The minimum absolute atomic E-state index is 0.246. The highest BCUT2D eigenvalue weighted by molar-refractivity contribution is 8.01. The lowest BCUT2D eigenvalue weighted by atomic mass is 10.1. The number of carbonyl (C=O) groups excluding carboxylic acids is 2. The Morgan fingerprint density at radius 1 is 1.03 bits per heavy atom. The largest absolute Gasteiger partial charge is 0.410 e. The SMILES string of the molecule is Nc1ccccc1NC(=O)c1ccc(CNC2(OC(=O)NCCN3CCOCC3)Nc3ccccc3S2)cc1. The van der Waals surface area contributed by atoms with Gasteiger partial charge in [0.2, 0.25) is 0 Å². The quantitative estimate of drug-likeness (QED) is 0.201. The summed E-state index contributed by atoms with van der Waals surface area (Å²) in [6.45, 7) is 4.74. The summed E-state index contributed by atoms with van der Waals surface area (Å²) in [7, 11) is 0. The molecule has 11 heteroatoms. The molecule has 10 nitrogen and oxygen atoms in total. The Morgan fingerprint density at radius 3 is 2.54 bits per heavy atom. The lowest BCUT2D eigenvalue weighted by Gasteiger charge is -2.30. The van der Waals surface area contributed by atoms with Crippen molar-refractivity contribution in [2.24, 2.45) is 0 Å². The van der Waals surface area contributed by atoms with Gasteiger partial charge in [-0.05, 0) is 53.7 Å². The predicted octanol–water partition coefficient (Wildman–Crippen LogP) is 3.50. The Labute approximate surface area is 231 Å². The number of ether oxygens (including phenoxy) is 2. The second kappa shape index (κ2) is 12.4. The van der Waals surface area contributed by atoms with E-state index >= 15 is 0 Å². The number of nitrogens with two attached hydrogens (primary N) is 1. The first-order valence-electron chi connectivity index (χ1n) is 12.8. The molecule has 1 saturated heterocycles. The molecule has 3 aromatic carbocycles. The van der Waals surface area contributed by atoms with Gasteiger partial charge in [0.15, 0.2) is 0 Å². The fourth-order valence-electron chi connectivity index (χ4n) is 4.28. The van der Waals surface area contributed by atoms with E-state index in [0.717, 1.165) is 35.8 Å². The topological polar surface area (TPSA) is 130 Å². The van der Waals surface area contributed by atoms with E-state index < -0.39 is 11.3 Å². The number of thioether (sulfide) groups is 1. The second-order valence-electron chi connectivity index (χ2n) is 9.20. The Kier molecular flexibility index (Phi) is 8.52. The van der Waals surface area contributed by atoms with Crippen molar-refractivity contribution in [1.29, 1.82) is 0 Å². The van der Waals surface area contributed by atoms with Crippen molar-refractivity contribution in [2.75, 3.05) is 55.8 Å². The van der Waals surface area contributed by atoms with Gasteiger partial charge in [-0.1, -0.05) is 36.4 Å². The molecule has 0 spiro atoms. The molecular formula is C28H32N6O4S. The number of nitrogens with one attached hydrogen (secondary N) is 4. The lowest BCUT2D eigenvalue weighted by Crippen LogP contribution is -2.52. The maximum atomic E-state index is 12.8. The summed E-state index contributed by atoms with van der Waals surface area (Å²) in [5, 5.41) is 11.2. The Morgan fingerprint density at radius 2 is 1.77 bits per heavy atom. The van der Waals surface area contributed by atoms with Gasteiger partial charge in [-0.15, -0.1) is 0 Å². The molecule has 204 valence electrons. The molecule has 1 fully saturated rings. The van der Waals surface area contributed by atoms with Gasteiger partial charge >= 0.3 is 6.09 Å². The summed E-state index contributed by atoms with van der Waals surface area (Å²) in [5.74, 6) is -0.246. The number of carbonyl (C=O) groups is 2. The van der Waals surface area contributed by atoms with E-state index in [9.17, 15) is 9.59 Å². The number of benzene rings is 3. The molecule has 1 atom stereocenters. The van der Waals surface area contributed by atoms with Crippen molar-refractivity contribution >= 4 is 40.8 Å². The van der Waals surface area contributed by atoms with E-state index in [1.807, 2.05) is 48.5 Å². The molecule has 2 heterocycles. The number of fused-ring (bicyclic) bond motifs is 1. The monoisotopic (exact) mass is 548 g/mol.